The minimum absolute atomic E-state index is 0.133. The molecular formula is C23H23NO4. The maximum absolute atomic E-state index is 13.3. The Bertz CT molecular complexity index is 1000. The molecule has 5 heteroatoms. The summed E-state index contributed by atoms with van der Waals surface area (Å²) >= 11 is 0. The van der Waals surface area contributed by atoms with Crippen LogP contribution >= 0.6 is 0 Å². The van der Waals surface area contributed by atoms with E-state index in [1.807, 2.05) is 32.0 Å². The largest absolute Gasteiger partial charge is 0.508 e. The fraction of sp³-hybridized carbons (Fsp3) is 0.217. The SMILES string of the molecule is CCOC(=O)C1=C(C)N(c2ccc(C)c(C)c2)C(=O)/C1=C\c1ccc(O)cc1. The van der Waals surface area contributed by atoms with E-state index in [1.54, 1.807) is 37.0 Å². The van der Waals surface area contributed by atoms with Crippen LogP contribution in [0.25, 0.3) is 6.08 Å². The van der Waals surface area contributed by atoms with Gasteiger partial charge in [0.1, 0.15) is 5.75 Å². The van der Waals surface area contributed by atoms with Crippen LogP contribution in [0.5, 0.6) is 5.75 Å². The molecule has 2 aromatic rings. The van der Waals surface area contributed by atoms with Crippen molar-refractivity contribution in [2.45, 2.75) is 27.7 Å². The van der Waals surface area contributed by atoms with Crippen LogP contribution < -0.4 is 4.90 Å². The van der Waals surface area contributed by atoms with Crippen molar-refractivity contribution in [3.8, 4) is 5.75 Å². The molecule has 0 saturated carbocycles. The number of phenols is 1. The van der Waals surface area contributed by atoms with Crippen LogP contribution in [0.15, 0.2) is 59.3 Å². The molecule has 0 aromatic heterocycles. The van der Waals surface area contributed by atoms with Crippen molar-refractivity contribution in [2.75, 3.05) is 11.5 Å². The number of phenolic OH excluding ortho intramolecular Hbond substituents is 1. The van der Waals surface area contributed by atoms with Gasteiger partial charge in [-0.15, -0.1) is 0 Å². The molecule has 0 spiro atoms. The molecule has 0 aliphatic carbocycles. The third-order valence-corrected chi connectivity index (χ3v) is 4.83. The number of allylic oxidation sites excluding steroid dienone is 1. The van der Waals surface area contributed by atoms with E-state index in [1.165, 1.54) is 12.1 Å². The third-order valence-electron chi connectivity index (χ3n) is 4.83. The van der Waals surface area contributed by atoms with Crippen molar-refractivity contribution >= 4 is 23.6 Å². The van der Waals surface area contributed by atoms with Gasteiger partial charge in [0.05, 0.1) is 17.8 Å². The van der Waals surface area contributed by atoms with Crippen molar-refractivity contribution in [3.63, 3.8) is 0 Å². The Hall–Kier alpha value is -3.34. The van der Waals surface area contributed by atoms with Gasteiger partial charge in [-0.05, 0) is 74.7 Å². The fourth-order valence-electron chi connectivity index (χ4n) is 3.19. The highest BCUT2D eigenvalue weighted by Crippen LogP contribution is 2.36. The third kappa shape index (κ3) is 3.56. The quantitative estimate of drug-likeness (QED) is 0.638. The fourth-order valence-corrected chi connectivity index (χ4v) is 3.19. The molecule has 1 aliphatic heterocycles. The number of aryl methyl sites for hydroxylation is 2. The van der Waals surface area contributed by atoms with Crippen LogP contribution in [-0.4, -0.2) is 23.6 Å². The Morgan fingerprint density at radius 2 is 1.75 bits per heavy atom. The molecule has 1 heterocycles. The van der Waals surface area contributed by atoms with Gasteiger partial charge in [-0.3, -0.25) is 9.69 Å². The van der Waals surface area contributed by atoms with E-state index in [4.69, 9.17) is 4.74 Å². The molecular weight excluding hydrogens is 354 g/mol. The molecule has 0 atom stereocenters. The molecule has 0 radical (unpaired) electrons. The van der Waals surface area contributed by atoms with E-state index in [0.29, 0.717) is 16.9 Å². The van der Waals surface area contributed by atoms with E-state index in [0.717, 1.165) is 11.1 Å². The van der Waals surface area contributed by atoms with Gasteiger partial charge in [0.2, 0.25) is 0 Å². The highest BCUT2D eigenvalue weighted by molar-refractivity contribution is 6.23. The summed E-state index contributed by atoms with van der Waals surface area (Å²) in [5.74, 6) is -0.671. The highest BCUT2D eigenvalue weighted by atomic mass is 16.5. The second-order valence-electron chi connectivity index (χ2n) is 6.74. The Morgan fingerprint density at radius 1 is 1.07 bits per heavy atom. The maximum Gasteiger partial charge on any atom is 0.340 e. The number of nitrogens with zero attached hydrogens (tertiary/aromatic N) is 1. The van der Waals surface area contributed by atoms with Crippen molar-refractivity contribution in [2.24, 2.45) is 0 Å². The van der Waals surface area contributed by atoms with Gasteiger partial charge in [-0.1, -0.05) is 18.2 Å². The van der Waals surface area contributed by atoms with E-state index in [2.05, 4.69) is 0 Å². The number of benzene rings is 2. The number of hydrogen-bond acceptors (Lipinski definition) is 4. The standard InChI is InChI=1S/C23H23NO4/c1-5-28-23(27)21-16(4)24(18-9-6-14(2)15(3)12-18)22(26)20(21)13-17-7-10-19(25)11-8-17/h6-13,25H,5H2,1-4H3/b20-13-. The first-order valence-electron chi connectivity index (χ1n) is 9.14. The van der Waals surface area contributed by atoms with Crippen LogP contribution in [0.1, 0.15) is 30.5 Å². The van der Waals surface area contributed by atoms with Gasteiger partial charge < -0.3 is 9.84 Å². The average molecular weight is 377 g/mol. The smallest absolute Gasteiger partial charge is 0.340 e. The molecule has 3 rings (SSSR count). The molecule has 28 heavy (non-hydrogen) atoms. The normalized spacial score (nSPS) is 15.5. The molecule has 0 unspecified atom stereocenters. The molecule has 1 N–H and O–H groups in total. The molecule has 0 bridgehead atoms. The second kappa shape index (κ2) is 7.72. The van der Waals surface area contributed by atoms with E-state index >= 15 is 0 Å². The topological polar surface area (TPSA) is 66.8 Å². The van der Waals surface area contributed by atoms with E-state index < -0.39 is 5.97 Å². The zero-order valence-corrected chi connectivity index (χ0v) is 16.4. The van der Waals surface area contributed by atoms with Crippen molar-refractivity contribution in [1.29, 1.82) is 0 Å². The lowest BCUT2D eigenvalue weighted by Gasteiger charge is -2.19. The van der Waals surface area contributed by atoms with Gasteiger partial charge in [0, 0.05) is 11.4 Å². The Kier molecular flexibility index (Phi) is 5.36. The zero-order valence-electron chi connectivity index (χ0n) is 16.4. The molecule has 2 aromatic carbocycles. The first kappa shape index (κ1) is 19.4. The molecule has 5 nitrogen and oxygen atoms in total. The lowest BCUT2D eigenvalue weighted by molar-refractivity contribution is -0.138. The number of rotatable bonds is 4. The summed E-state index contributed by atoms with van der Waals surface area (Å²) in [4.78, 5) is 27.4. The Labute approximate surface area is 164 Å². The molecule has 144 valence electrons. The number of carbonyl (C=O) groups excluding carboxylic acids is 2. The lowest BCUT2D eigenvalue weighted by atomic mass is 10.0. The van der Waals surface area contributed by atoms with E-state index in [-0.39, 0.29) is 29.4 Å². The predicted octanol–water partition coefficient (Wildman–Crippen LogP) is 4.28. The first-order valence-corrected chi connectivity index (χ1v) is 9.14. The van der Waals surface area contributed by atoms with Crippen LogP contribution in [0.2, 0.25) is 0 Å². The molecule has 1 aliphatic rings. The van der Waals surface area contributed by atoms with Gasteiger partial charge in [0.25, 0.3) is 5.91 Å². The Morgan fingerprint density at radius 3 is 2.36 bits per heavy atom. The lowest BCUT2D eigenvalue weighted by Crippen LogP contribution is -2.24. The average Bonchev–Trinajstić information content (AvgIpc) is 2.90. The first-order chi connectivity index (χ1) is 13.3. The number of esters is 1. The second-order valence-corrected chi connectivity index (χ2v) is 6.74. The molecule has 0 fully saturated rings. The van der Waals surface area contributed by atoms with Gasteiger partial charge in [0.15, 0.2) is 0 Å². The number of hydrogen-bond donors (Lipinski definition) is 1. The molecule has 0 saturated heterocycles. The summed E-state index contributed by atoms with van der Waals surface area (Å²) in [7, 11) is 0. The number of amides is 1. The van der Waals surface area contributed by atoms with Crippen molar-refractivity contribution < 1.29 is 19.4 Å². The minimum Gasteiger partial charge on any atom is -0.508 e. The number of aromatic hydroxyl groups is 1. The van der Waals surface area contributed by atoms with Gasteiger partial charge >= 0.3 is 5.97 Å². The van der Waals surface area contributed by atoms with Crippen LogP contribution in [0.3, 0.4) is 0 Å². The summed E-state index contributed by atoms with van der Waals surface area (Å²) in [5, 5.41) is 9.48. The minimum atomic E-state index is -0.523. The summed E-state index contributed by atoms with van der Waals surface area (Å²) < 4.78 is 5.20. The van der Waals surface area contributed by atoms with Crippen LogP contribution in [-0.2, 0) is 14.3 Å². The monoisotopic (exact) mass is 377 g/mol. The van der Waals surface area contributed by atoms with Crippen LogP contribution in [0.4, 0.5) is 5.69 Å². The summed E-state index contributed by atoms with van der Waals surface area (Å²) in [6, 6.07) is 12.2. The number of anilines is 1. The Balaban J connectivity index is 2.13. The summed E-state index contributed by atoms with van der Waals surface area (Å²) in [6.07, 6.45) is 1.65. The maximum atomic E-state index is 13.3. The molecule has 1 amide bonds. The van der Waals surface area contributed by atoms with Crippen molar-refractivity contribution in [3.05, 3.63) is 76.0 Å². The number of ether oxygens (including phenoxy) is 1. The van der Waals surface area contributed by atoms with Crippen molar-refractivity contribution in [1.82, 2.24) is 0 Å². The van der Waals surface area contributed by atoms with Crippen LogP contribution in [0, 0.1) is 13.8 Å². The van der Waals surface area contributed by atoms with Gasteiger partial charge in [-0.25, -0.2) is 4.79 Å². The summed E-state index contributed by atoms with van der Waals surface area (Å²) in [6.45, 7) is 7.69. The predicted molar refractivity (Wildman–Crippen MR) is 109 cm³/mol. The highest BCUT2D eigenvalue weighted by Gasteiger charge is 2.38. The zero-order chi connectivity index (χ0) is 20.4. The number of carbonyl (C=O) groups is 2. The summed E-state index contributed by atoms with van der Waals surface area (Å²) in [5.41, 5.74) is 4.68. The van der Waals surface area contributed by atoms with Gasteiger partial charge in [-0.2, -0.15) is 0 Å². The van der Waals surface area contributed by atoms with E-state index in [9.17, 15) is 14.7 Å².